The average Bonchev–Trinajstić information content (AvgIpc) is 2.42. The van der Waals surface area contributed by atoms with Crippen LogP contribution in [0.3, 0.4) is 0 Å². The summed E-state index contributed by atoms with van der Waals surface area (Å²) in [5.74, 6) is -2.69. The van der Waals surface area contributed by atoms with Gasteiger partial charge in [0.15, 0.2) is 5.60 Å². The van der Waals surface area contributed by atoms with Gasteiger partial charge in [-0.2, -0.15) is 13.2 Å². The molecule has 0 bridgehead atoms. The lowest BCUT2D eigenvalue weighted by atomic mass is 9.90. The van der Waals surface area contributed by atoms with Crippen LogP contribution in [0.2, 0.25) is 0 Å². The molecule has 1 fully saturated rings. The number of likely N-dealkylation sites (tertiary alicyclic amines) is 1. The number of amides is 1. The van der Waals surface area contributed by atoms with Crippen molar-refractivity contribution >= 4 is 5.91 Å². The predicted octanol–water partition coefficient (Wildman–Crippen LogP) is 2.80. The van der Waals surface area contributed by atoms with Gasteiger partial charge in [0, 0.05) is 32.0 Å². The molecule has 1 aromatic carbocycles. The summed E-state index contributed by atoms with van der Waals surface area (Å²) in [7, 11) is 0. The normalized spacial score (nSPS) is 18.4. The van der Waals surface area contributed by atoms with E-state index in [9.17, 15) is 31.9 Å². The summed E-state index contributed by atoms with van der Waals surface area (Å²) < 4.78 is 64.9. The highest BCUT2D eigenvalue weighted by molar-refractivity contribution is 5.94. The van der Waals surface area contributed by atoms with E-state index in [1.165, 1.54) is 6.92 Å². The number of nitrogens with zero attached hydrogens (tertiary/aromatic N) is 1. The standard InChI is InChI=1S/C14H14F5NO2/c1-8-6-9(11(16)7-10(8)15)12(21)20-4-2-13(22,3-5-20)14(17,18)19/h6-7,22H,2-5H2,1H3. The van der Waals surface area contributed by atoms with Gasteiger partial charge in [-0.3, -0.25) is 4.79 Å². The zero-order chi connectivity index (χ0) is 16.7. The van der Waals surface area contributed by atoms with Crippen molar-refractivity contribution < 1.29 is 31.9 Å². The first-order valence-electron chi connectivity index (χ1n) is 6.59. The number of carbonyl (C=O) groups is 1. The molecule has 0 radical (unpaired) electrons. The number of hydrogen-bond acceptors (Lipinski definition) is 2. The number of benzene rings is 1. The van der Waals surface area contributed by atoms with Crippen LogP contribution in [0.4, 0.5) is 22.0 Å². The second-order valence-electron chi connectivity index (χ2n) is 5.40. The Morgan fingerprint density at radius 2 is 1.73 bits per heavy atom. The third-order valence-electron chi connectivity index (χ3n) is 3.88. The fourth-order valence-electron chi connectivity index (χ4n) is 2.35. The van der Waals surface area contributed by atoms with Crippen LogP contribution in [0, 0.1) is 18.6 Å². The van der Waals surface area contributed by atoms with Crippen molar-refractivity contribution in [3.05, 3.63) is 34.9 Å². The second kappa shape index (κ2) is 5.49. The van der Waals surface area contributed by atoms with Crippen LogP contribution in [0.5, 0.6) is 0 Å². The molecule has 1 heterocycles. The topological polar surface area (TPSA) is 40.5 Å². The van der Waals surface area contributed by atoms with Gasteiger partial charge in [0.2, 0.25) is 0 Å². The Balaban J connectivity index is 2.15. The summed E-state index contributed by atoms with van der Waals surface area (Å²) in [5, 5.41) is 9.53. The molecule has 0 spiro atoms. The van der Waals surface area contributed by atoms with Crippen molar-refractivity contribution in [3.63, 3.8) is 0 Å². The second-order valence-corrected chi connectivity index (χ2v) is 5.40. The van der Waals surface area contributed by atoms with Crippen LogP contribution in [0.25, 0.3) is 0 Å². The van der Waals surface area contributed by atoms with Crippen LogP contribution in [-0.2, 0) is 0 Å². The molecule has 3 nitrogen and oxygen atoms in total. The molecule has 0 aromatic heterocycles. The molecule has 8 heteroatoms. The van der Waals surface area contributed by atoms with Gasteiger partial charge in [0.05, 0.1) is 5.56 Å². The molecule has 0 saturated carbocycles. The van der Waals surface area contributed by atoms with E-state index in [1.807, 2.05) is 0 Å². The van der Waals surface area contributed by atoms with Gasteiger partial charge in [-0.1, -0.05) is 0 Å². The first-order chi connectivity index (χ1) is 10.0. The third-order valence-corrected chi connectivity index (χ3v) is 3.88. The van der Waals surface area contributed by atoms with Gasteiger partial charge in [-0.25, -0.2) is 8.78 Å². The number of aryl methyl sites for hydroxylation is 1. The summed E-state index contributed by atoms with van der Waals surface area (Å²) in [6, 6.07) is 1.59. The number of piperidine rings is 1. The van der Waals surface area contributed by atoms with Gasteiger partial charge in [0.25, 0.3) is 5.91 Å². The molecule has 1 saturated heterocycles. The van der Waals surface area contributed by atoms with Crippen molar-refractivity contribution in [1.29, 1.82) is 0 Å². The Hall–Kier alpha value is -1.70. The van der Waals surface area contributed by atoms with Crippen molar-refractivity contribution in [3.8, 4) is 0 Å². The molecule has 1 amide bonds. The Kier molecular flexibility index (Phi) is 4.16. The maximum absolute atomic E-state index is 13.7. The number of halogens is 5. The van der Waals surface area contributed by atoms with E-state index in [0.29, 0.717) is 6.07 Å². The lowest BCUT2D eigenvalue weighted by Crippen LogP contribution is -2.54. The number of aliphatic hydroxyl groups is 1. The van der Waals surface area contributed by atoms with Gasteiger partial charge >= 0.3 is 6.18 Å². The van der Waals surface area contributed by atoms with E-state index in [0.717, 1.165) is 11.0 Å². The van der Waals surface area contributed by atoms with E-state index in [-0.39, 0.29) is 18.7 Å². The van der Waals surface area contributed by atoms with Gasteiger partial charge < -0.3 is 10.0 Å². The zero-order valence-corrected chi connectivity index (χ0v) is 11.7. The Bertz CT molecular complexity index is 592. The minimum atomic E-state index is -4.78. The molecule has 122 valence electrons. The molecule has 0 aliphatic carbocycles. The summed E-state index contributed by atoms with van der Waals surface area (Å²) in [6.45, 7) is 0.638. The molecule has 1 aliphatic rings. The molecule has 0 atom stereocenters. The summed E-state index contributed by atoms with van der Waals surface area (Å²) in [5.41, 5.74) is -3.16. The SMILES string of the molecule is Cc1cc(C(=O)N2CCC(O)(C(F)(F)F)CC2)c(F)cc1F. The summed E-state index contributed by atoms with van der Waals surface area (Å²) in [6.07, 6.45) is -6.13. The van der Waals surface area contributed by atoms with E-state index in [2.05, 4.69) is 0 Å². The third kappa shape index (κ3) is 2.92. The molecule has 1 aliphatic heterocycles. The van der Waals surface area contributed by atoms with Crippen LogP contribution in [0.1, 0.15) is 28.8 Å². The lowest BCUT2D eigenvalue weighted by Gasteiger charge is -2.39. The molecule has 22 heavy (non-hydrogen) atoms. The molecular weight excluding hydrogens is 309 g/mol. The molecule has 1 aromatic rings. The van der Waals surface area contributed by atoms with Crippen molar-refractivity contribution in [2.24, 2.45) is 0 Å². The smallest absolute Gasteiger partial charge is 0.380 e. The maximum Gasteiger partial charge on any atom is 0.417 e. The Morgan fingerprint density at radius 3 is 2.23 bits per heavy atom. The molecule has 0 unspecified atom stereocenters. The fraction of sp³-hybridized carbons (Fsp3) is 0.500. The maximum atomic E-state index is 13.7. The van der Waals surface area contributed by atoms with Crippen LogP contribution >= 0.6 is 0 Å². The summed E-state index contributed by atoms with van der Waals surface area (Å²) in [4.78, 5) is 13.2. The predicted molar refractivity (Wildman–Crippen MR) is 67.2 cm³/mol. The average molecular weight is 323 g/mol. The van der Waals surface area contributed by atoms with Gasteiger partial charge in [-0.05, 0) is 18.6 Å². The first kappa shape index (κ1) is 16.7. The molecule has 2 rings (SSSR count). The summed E-state index contributed by atoms with van der Waals surface area (Å²) >= 11 is 0. The van der Waals surface area contributed by atoms with Crippen molar-refractivity contribution in [2.75, 3.05) is 13.1 Å². The van der Waals surface area contributed by atoms with Crippen LogP contribution in [0.15, 0.2) is 12.1 Å². The monoisotopic (exact) mass is 323 g/mol. The van der Waals surface area contributed by atoms with E-state index < -0.39 is 47.7 Å². The lowest BCUT2D eigenvalue weighted by molar-refractivity contribution is -0.271. The highest BCUT2D eigenvalue weighted by atomic mass is 19.4. The van der Waals surface area contributed by atoms with Crippen molar-refractivity contribution in [1.82, 2.24) is 4.90 Å². The van der Waals surface area contributed by atoms with Crippen molar-refractivity contribution in [2.45, 2.75) is 31.5 Å². The first-order valence-corrected chi connectivity index (χ1v) is 6.59. The van der Waals surface area contributed by atoms with E-state index in [1.54, 1.807) is 0 Å². The van der Waals surface area contributed by atoms with E-state index >= 15 is 0 Å². The zero-order valence-electron chi connectivity index (χ0n) is 11.7. The Labute approximate surface area is 123 Å². The van der Waals surface area contributed by atoms with Crippen LogP contribution in [-0.4, -0.2) is 40.8 Å². The van der Waals surface area contributed by atoms with Gasteiger partial charge in [0.1, 0.15) is 11.6 Å². The highest BCUT2D eigenvalue weighted by Gasteiger charge is 2.55. The van der Waals surface area contributed by atoms with E-state index in [4.69, 9.17) is 0 Å². The number of carbonyl (C=O) groups excluding carboxylic acids is 1. The fourth-order valence-corrected chi connectivity index (χ4v) is 2.35. The van der Waals surface area contributed by atoms with Crippen LogP contribution < -0.4 is 0 Å². The van der Waals surface area contributed by atoms with Gasteiger partial charge in [-0.15, -0.1) is 0 Å². The number of alkyl halides is 3. The Morgan fingerprint density at radius 1 is 1.18 bits per heavy atom. The number of hydrogen-bond donors (Lipinski definition) is 1. The minimum Gasteiger partial charge on any atom is -0.380 e. The highest BCUT2D eigenvalue weighted by Crippen LogP contribution is 2.38. The quantitative estimate of drug-likeness (QED) is 0.808. The minimum absolute atomic E-state index is 0.0635. The largest absolute Gasteiger partial charge is 0.417 e. The molecule has 1 N–H and O–H groups in total. The number of rotatable bonds is 1. The molecular formula is C14H14F5NO2.